The maximum absolute atomic E-state index is 4.43. The molecule has 0 amide bonds. The Morgan fingerprint density at radius 2 is 2.14 bits per heavy atom. The summed E-state index contributed by atoms with van der Waals surface area (Å²) in [6.07, 6.45) is 6.09. The van der Waals surface area contributed by atoms with Crippen molar-refractivity contribution in [1.82, 2.24) is 4.98 Å². The zero-order valence-corrected chi connectivity index (χ0v) is 8.41. The maximum atomic E-state index is 4.43. The highest BCUT2D eigenvalue weighted by Gasteiger charge is 2.04. The van der Waals surface area contributed by atoms with Crippen LogP contribution in [0.5, 0.6) is 0 Å². The van der Waals surface area contributed by atoms with E-state index in [0.717, 1.165) is 5.52 Å². The molecular weight excluding hydrogens is 190 g/mol. The Kier molecular flexibility index (Phi) is 1.74. The van der Waals surface area contributed by atoms with E-state index in [-0.39, 0.29) is 0 Å². The lowest BCUT2D eigenvalue weighted by molar-refractivity contribution is 1.34. The molecule has 2 aromatic rings. The van der Waals surface area contributed by atoms with E-state index in [4.69, 9.17) is 0 Å². The van der Waals surface area contributed by atoms with Gasteiger partial charge in [-0.2, -0.15) is 11.4 Å². The highest BCUT2D eigenvalue weighted by Crippen LogP contribution is 2.28. The zero-order valence-electron chi connectivity index (χ0n) is 7.51. The first-order chi connectivity index (χ1) is 6.95. The van der Waals surface area contributed by atoms with Crippen LogP contribution in [-0.2, 0) is 0 Å². The van der Waals surface area contributed by atoms with Crippen LogP contribution in [0.3, 0.4) is 0 Å². The summed E-state index contributed by atoms with van der Waals surface area (Å²) < 4.78 is 0. The minimum atomic E-state index is 1.13. The normalized spacial score (nSPS) is 13.7. The summed E-state index contributed by atoms with van der Waals surface area (Å²) in [6.45, 7) is 0. The number of hydrogen-bond acceptors (Lipinski definition) is 1. The lowest BCUT2D eigenvalue weighted by atomic mass is 10.1. The average Bonchev–Trinajstić information content (AvgIpc) is 2.29. The second kappa shape index (κ2) is 3.07. The fourth-order valence-electron chi connectivity index (χ4n) is 1.68. The quantitative estimate of drug-likeness (QED) is 0.508. The molecule has 1 aliphatic heterocycles. The van der Waals surface area contributed by atoms with Crippen LogP contribution in [0.15, 0.2) is 41.4 Å². The van der Waals surface area contributed by atoms with E-state index in [0.29, 0.717) is 0 Å². The Balaban J connectivity index is 2.47. The van der Waals surface area contributed by atoms with Gasteiger partial charge in [-0.15, -0.1) is 0 Å². The summed E-state index contributed by atoms with van der Waals surface area (Å²) in [6, 6.07) is 8.38. The number of allylic oxidation sites excluding steroid dienone is 1. The van der Waals surface area contributed by atoms with Crippen molar-refractivity contribution in [3.8, 4) is 0 Å². The Morgan fingerprint density at radius 1 is 1.14 bits per heavy atom. The first-order valence-corrected chi connectivity index (χ1v) is 5.50. The first-order valence-electron chi connectivity index (χ1n) is 4.53. The summed E-state index contributed by atoms with van der Waals surface area (Å²) in [5.41, 5.74) is 2.42. The fourth-order valence-corrected chi connectivity index (χ4v) is 2.61. The molecule has 14 heavy (non-hydrogen) atoms. The van der Waals surface area contributed by atoms with Gasteiger partial charge in [0.05, 0.1) is 5.52 Å². The Bertz CT molecular complexity index is 555. The van der Waals surface area contributed by atoms with Crippen LogP contribution in [0.2, 0.25) is 0 Å². The van der Waals surface area contributed by atoms with Gasteiger partial charge in [0.15, 0.2) is 0 Å². The third kappa shape index (κ3) is 1.11. The van der Waals surface area contributed by atoms with E-state index in [9.17, 15) is 0 Å². The molecule has 0 N–H and O–H groups in total. The predicted molar refractivity (Wildman–Crippen MR) is 64.1 cm³/mol. The van der Waals surface area contributed by atoms with Crippen molar-refractivity contribution in [1.29, 1.82) is 0 Å². The van der Waals surface area contributed by atoms with Gasteiger partial charge in [-0.3, -0.25) is 4.98 Å². The lowest BCUT2D eigenvalue weighted by Gasteiger charge is -2.07. The van der Waals surface area contributed by atoms with Crippen molar-refractivity contribution in [3.05, 3.63) is 42.1 Å². The average molecular weight is 199 g/mol. The molecule has 0 saturated carbocycles. The molecule has 1 aromatic heterocycles. The Morgan fingerprint density at radius 3 is 3.14 bits per heavy atom. The van der Waals surface area contributed by atoms with Crippen LogP contribution in [-0.4, -0.2) is 10.4 Å². The third-order valence-electron chi connectivity index (χ3n) is 2.34. The highest BCUT2D eigenvalue weighted by atomic mass is 32.1. The van der Waals surface area contributed by atoms with Gasteiger partial charge in [0.2, 0.25) is 0 Å². The fraction of sp³-hybridized carbons (Fsp3) is 0. The van der Waals surface area contributed by atoms with Crippen LogP contribution in [0.25, 0.3) is 17.0 Å². The van der Waals surface area contributed by atoms with Crippen molar-refractivity contribution in [3.63, 3.8) is 0 Å². The number of aromatic nitrogens is 1. The van der Waals surface area contributed by atoms with Gasteiger partial charge in [-0.25, -0.2) is 0 Å². The second-order valence-electron chi connectivity index (χ2n) is 3.22. The van der Waals surface area contributed by atoms with E-state index >= 15 is 0 Å². The molecule has 0 unspecified atom stereocenters. The number of benzene rings is 1. The summed E-state index contributed by atoms with van der Waals surface area (Å²) in [5, 5.41) is 3.37. The molecule has 2 heteroatoms. The molecule has 0 atom stereocenters. The topological polar surface area (TPSA) is 12.9 Å². The molecule has 1 aliphatic rings. The van der Waals surface area contributed by atoms with Crippen LogP contribution < -0.4 is 0 Å². The largest absolute Gasteiger partial charge is 0.255 e. The molecule has 1 nitrogen and oxygen atoms in total. The second-order valence-corrected chi connectivity index (χ2v) is 4.22. The van der Waals surface area contributed by atoms with E-state index in [2.05, 4.69) is 40.7 Å². The van der Waals surface area contributed by atoms with Crippen molar-refractivity contribution in [2.24, 2.45) is 0 Å². The zero-order chi connectivity index (χ0) is 9.38. The van der Waals surface area contributed by atoms with Gasteiger partial charge in [0.25, 0.3) is 0 Å². The third-order valence-corrected chi connectivity index (χ3v) is 3.39. The first kappa shape index (κ1) is 7.94. The van der Waals surface area contributed by atoms with Gasteiger partial charge in [-0.1, -0.05) is 30.4 Å². The number of fused-ring (bicyclic) bond motifs is 3. The highest BCUT2D eigenvalue weighted by molar-refractivity contribution is 7.98. The summed E-state index contributed by atoms with van der Waals surface area (Å²) >= 11 is 1.25. The Labute approximate surface area is 86.1 Å². The van der Waals surface area contributed by atoms with Crippen molar-refractivity contribution in [2.45, 2.75) is 4.90 Å². The molecule has 3 rings (SSSR count). The minimum Gasteiger partial charge on any atom is -0.255 e. The number of rotatable bonds is 0. The SMILES string of the molecule is C1=Cc2ccc3cccnc3c2[SH]=C1. The van der Waals surface area contributed by atoms with Gasteiger partial charge >= 0.3 is 0 Å². The number of pyridine rings is 1. The molecule has 0 radical (unpaired) electrons. The van der Waals surface area contributed by atoms with Gasteiger partial charge in [0, 0.05) is 16.5 Å². The van der Waals surface area contributed by atoms with Crippen molar-refractivity contribution in [2.75, 3.05) is 0 Å². The minimum absolute atomic E-state index is 1.13. The molecule has 1 aromatic carbocycles. The Hall–Kier alpha value is -1.41. The van der Waals surface area contributed by atoms with E-state index < -0.39 is 0 Å². The molecular formula is C12H9NS. The number of thiol groups is 1. The van der Waals surface area contributed by atoms with Crippen LogP contribution in [0, 0.1) is 0 Å². The van der Waals surface area contributed by atoms with Crippen LogP contribution >= 0.6 is 11.4 Å². The maximum Gasteiger partial charge on any atom is 0.0836 e. The molecule has 0 fully saturated rings. The van der Waals surface area contributed by atoms with E-state index in [1.807, 2.05) is 12.3 Å². The summed E-state index contributed by atoms with van der Waals surface area (Å²) in [5.74, 6) is 0. The van der Waals surface area contributed by atoms with Crippen LogP contribution in [0.1, 0.15) is 5.56 Å². The van der Waals surface area contributed by atoms with Gasteiger partial charge in [-0.05, 0) is 17.0 Å². The van der Waals surface area contributed by atoms with E-state index in [1.54, 1.807) is 0 Å². The molecule has 0 saturated heterocycles. The lowest BCUT2D eigenvalue weighted by Crippen LogP contribution is -1.87. The van der Waals surface area contributed by atoms with Gasteiger partial charge in [0.1, 0.15) is 0 Å². The standard InChI is InChI=1S/C12H9NS/c1-3-9-5-6-10-4-2-8-14-12(10)11(9)13-7-1/h1-8,14H. The van der Waals surface area contributed by atoms with Crippen LogP contribution in [0.4, 0.5) is 0 Å². The van der Waals surface area contributed by atoms with Gasteiger partial charge < -0.3 is 0 Å². The number of hydrogen-bond donors (Lipinski definition) is 1. The monoisotopic (exact) mass is 199 g/mol. The molecule has 68 valence electrons. The van der Waals surface area contributed by atoms with E-state index in [1.165, 1.54) is 27.2 Å². The summed E-state index contributed by atoms with van der Waals surface area (Å²) in [4.78, 5) is 5.76. The van der Waals surface area contributed by atoms with Crippen molar-refractivity contribution < 1.29 is 0 Å². The molecule has 0 spiro atoms. The molecule has 2 heterocycles. The molecule has 0 aliphatic carbocycles. The smallest absolute Gasteiger partial charge is 0.0836 e. The summed E-state index contributed by atoms with van der Waals surface area (Å²) in [7, 11) is 0. The van der Waals surface area contributed by atoms with Crippen molar-refractivity contribution >= 4 is 33.7 Å². The molecule has 0 bridgehead atoms. The predicted octanol–water partition coefficient (Wildman–Crippen LogP) is 2.89. The number of nitrogens with zero attached hydrogens (tertiary/aromatic N) is 1.